The van der Waals surface area contributed by atoms with Gasteiger partial charge in [-0.25, -0.2) is 0 Å². The van der Waals surface area contributed by atoms with Crippen molar-refractivity contribution in [3.05, 3.63) is 29.8 Å². The lowest BCUT2D eigenvalue weighted by Gasteiger charge is -2.22. The van der Waals surface area contributed by atoms with Crippen LogP contribution in [0.3, 0.4) is 0 Å². The topological polar surface area (TPSA) is 58.7 Å². The van der Waals surface area contributed by atoms with Gasteiger partial charge in [-0.1, -0.05) is 11.8 Å². The van der Waals surface area contributed by atoms with Crippen LogP contribution in [0.5, 0.6) is 5.75 Å². The highest BCUT2D eigenvalue weighted by Gasteiger charge is 2.22. The highest BCUT2D eigenvalue weighted by Crippen LogP contribution is 2.16. The van der Waals surface area contributed by atoms with E-state index in [1.807, 2.05) is 24.3 Å². The Bertz CT molecular complexity index is 462. The molecule has 2 rings (SSSR count). The van der Waals surface area contributed by atoms with Crippen LogP contribution in [0, 0.1) is 11.8 Å². The number of hydrogen-bond acceptors (Lipinski definition) is 4. The number of ether oxygens (including phenoxy) is 1. The summed E-state index contributed by atoms with van der Waals surface area (Å²) in [6, 6.07) is 8.03. The maximum absolute atomic E-state index is 9.25. The van der Waals surface area contributed by atoms with E-state index in [4.69, 9.17) is 10.5 Å². The molecule has 1 aromatic carbocycles. The minimum Gasteiger partial charge on any atom is -0.492 e. The molecular weight excluding hydrogens is 252 g/mol. The van der Waals surface area contributed by atoms with E-state index in [-0.39, 0.29) is 6.61 Å². The maximum atomic E-state index is 9.25. The third-order valence-corrected chi connectivity index (χ3v) is 3.55. The Kier molecular flexibility index (Phi) is 5.87. The van der Waals surface area contributed by atoms with Gasteiger partial charge in [0.1, 0.15) is 12.4 Å². The van der Waals surface area contributed by atoms with Crippen molar-refractivity contribution in [3.63, 3.8) is 0 Å². The minimum absolute atomic E-state index is 0.245. The zero-order chi connectivity index (χ0) is 14.2. The first-order chi connectivity index (χ1) is 9.83. The summed E-state index contributed by atoms with van der Waals surface area (Å²) in [6.45, 7) is 3.18. The monoisotopic (exact) mass is 274 g/mol. The second-order valence-corrected chi connectivity index (χ2v) is 4.89. The Morgan fingerprint density at radius 3 is 2.85 bits per heavy atom. The zero-order valence-corrected chi connectivity index (χ0v) is 11.7. The Balaban J connectivity index is 1.76. The van der Waals surface area contributed by atoms with Crippen molar-refractivity contribution in [1.82, 2.24) is 4.90 Å². The van der Waals surface area contributed by atoms with Gasteiger partial charge in [-0.3, -0.25) is 4.90 Å². The number of aliphatic hydroxyl groups is 1. The van der Waals surface area contributed by atoms with Crippen LogP contribution >= 0.6 is 0 Å². The van der Waals surface area contributed by atoms with Crippen LogP contribution in [-0.2, 0) is 0 Å². The zero-order valence-electron chi connectivity index (χ0n) is 11.7. The molecule has 3 N–H and O–H groups in total. The molecule has 0 spiro atoms. The van der Waals surface area contributed by atoms with Crippen molar-refractivity contribution >= 4 is 0 Å². The Labute approximate surface area is 120 Å². The van der Waals surface area contributed by atoms with Crippen molar-refractivity contribution in [2.75, 3.05) is 32.8 Å². The molecule has 1 aliphatic heterocycles. The molecule has 1 unspecified atom stereocenters. The first-order valence-corrected chi connectivity index (χ1v) is 7.10. The van der Waals surface area contributed by atoms with Crippen molar-refractivity contribution in [3.8, 4) is 17.6 Å². The standard InChI is InChI=1S/C16H22N2O2/c17-9-1-3-14-5-7-16(8-6-14)20-12-11-18-10-2-4-15(18)13-19/h5-8,15,19H,2,4,9-13,17H2. The van der Waals surface area contributed by atoms with E-state index >= 15 is 0 Å². The lowest BCUT2D eigenvalue weighted by Crippen LogP contribution is -2.35. The van der Waals surface area contributed by atoms with Gasteiger partial charge in [-0.05, 0) is 43.7 Å². The fourth-order valence-corrected chi connectivity index (χ4v) is 2.46. The first-order valence-electron chi connectivity index (χ1n) is 7.10. The van der Waals surface area contributed by atoms with Crippen LogP contribution in [0.1, 0.15) is 18.4 Å². The summed E-state index contributed by atoms with van der Waals surface area (Å²) < 4.78 is 5.72. The fraction of sp³-hybridized carbons (Fsp3) is 0.500. The van der Waals surface area contributed by atoms with Crippen molar-refractivity contribution in [2.45, 2.75) is 18.9 Å². The predicted molar refractivity (Wildman–Crippen MR) is 79.6 cm³/mol. The third-order valence-electron chi connectivity index (χ3n) is 3.55. The van der Waals surface area contributed by atoms with Crippen LogP contribution in [0.25, 0.3) is 0 Å². The van der Waals surface area contributed by atoms with Crippen LogP contribution in [-0.4, -0.2) is 48.9 Å². The molecule has 0 aromatic heterocycles. The fourth-order valence-electron chi connectivity index (χ4n) is 2.46. The summed E-state index contributed by atoms with van der Waals surface area (Å²) in [5.41, 5.74) is 6.28. The van der Waals surface area contributed by atoms with E-state index < -0.39 is 0 Å². The summed E-state index contributed by atoms with van der Waals surface area (Å²) in [6.07, 6.45) is 2.25. The summed E-state index contributed by atoms with van der Waals surface area (Å²) in [5.74, 6) is 6.65. The van der Waals surface area contributed by atoms with E-state index in [1.54, 1.807) is 0 Å². The highest BCUT2D eigenvalue weighted by atomic mass is 16.5. The molecule has 0 aliphatic carbocycles. The van der Waals surface area contributed by atoms with E-state index in [2.05, 4.69) is 16.7 Å². The summed E-state index contributed by atoms with van der Waals surface area (Å²) in [4.78, 5) is 2.29. The first kappa shape index (κ1) is 14.9. The molecule has 0 bridgehead atoms. The van der Waals surface area contributed by atoms with Gasteiger partial charge < -0.3 is 15.6 Å². The SMILES string of the molecule is NCC#Cc1ccc(OCCN2CCCC2CO)cc1. The van der Waals surface area contributed by atoms with Gasteiger partial charge in [0.15, 0.2) is 0 Å². The molecule has 0 radical (unpaired) electrons. The van der Waals surface area contributed by atoms with Gasteiger partial charge in [-0.15, -0.1) is 0 Å². The summed E-state index contributed by atoms with van der Waals surface area (Å²) in [5, 5.41) is 9.25. The molecule has 1 heterocycles. The van der Waals surface area contributed by atoms with E-state index in [1.165, 1.54) is 6.42 Å². The quantitative estimate of drug-likeness (QED) is 0.781. The summed E-state index contributed by atoms with van der Waals surface area (Å²) in [7, 11) is 0. The normalized spacial score (nSPS) is 18.6. The Hall–Kier alpha value is -1.54. The van der Waals surface area contributed by atoms with Gasteiger partial charge >= 0.3 is 0 Å². The Morgan fingerprint density at radius 1 is 1.35 bits per heavy atom. The van der Waals surface area contributed by atoms with Crippen molar-refractivity contribution in [1.29, 1.82) is 0 Å². The second kappa shape index (κ2) is 7.91. The van der Waals surface area contributed by atoms with Gasteiger partial charge in [0.05, 0.1) is 13.2 Å². The molecule has 1 saturated heterocycles. The summed E-state index contributed by atoms with van der Waals surface area (Å²) >= 11 is 0. The molecule has 0 amide bonds. The van der Waals surface area contributed by atoms with Gasteiger partial charge in [0, 0.05) is 18.2 Å². The van der Waals surface area contributed by atoms with Crippen molar-refractivity contribution in [2.24, 2.45) is 5.73 Å². The van der Waals surface area contributed by atoms with E-state index in [0.717, 1.165) is 30.8 Å². The largest absolute Gasteiger partial charge is 0.492 e. The Morgan fingerprint density at radius 2 is 2.15 bits per heavy atom. The molecule has 1 fully saturated rings. The number of nitrogens with two attached hydrogens (primary N) is 1. The lowest BCUT2D eigenvalue weighted by atomic mass is 10.2. The molecule has 108 valence electrons. The molecule has 0 saturated carbocycles. The van der Waals surface area contributed by atoms with Crippen LogP contribution in [0.15, 0.2) is 24.3 Å². The van der Waals surface area contributed by atoms with Gasteiger partial charge in [0.2, 0.25) is 0 Å². The molecule has 4 nitrogen and oxygen atoms in total. The predicted octanol–water partition coefficient (Wildman–Crippen LogP) is 0.832. The van der Waals surface area contributed by atoms with Crippen LogP contribution in [0.2, 0.25) is 0 Å². The van der Waals surface area contributed by atoms with Crippen LogP contribution < -0.4 is 10.5 Å². The lowest BCUT2D eigenvalue weighted by molar-refractivity contribution is 0.139. The molecule has 20 heavy (non-hydrogen) atoms. The molecule has 1 aromatic rings. The smallest absolute Gasteiger partial charge is 0.119 e. The minimum atomic E-state index is 0.245. The number of rotatable bonds is 5. The van der Waals surface area contributed by atoms with Gasteiger partial charge in [-0.2, -0.15) is 0 Å². The van der Waals surface area contributed by atoms with Crippen LogP contribution in [0.4, 0.5) is 0 Å². The third kappa shape index (κ3) is 4.24. The number of likely N-dealkylation sites (tertiary alicyclic amines) is 1. The number of hydrogen-bond donors (Lipinski definition) is 2. The number of aliphatic hydroxyl groups excluding tert-OH is 1. The molecule has 4 heteroatoms. The van der Waals surface area contributed by atoms with Crippen molar-refractivity contribution < 1.29 is 9.84 Å². The van der Waals surface area contributed by atoms with E-state index in [0.29, 0.717) is 19.2 Å². The highest BCUT2D eigenvalue weighted by molar-refractivity contribution is 5.38. The number of nitrogens with zero attached hydrogens (tertiary/aromatic N) is 1. The maximum Gasteiger partial charge on any atom is 0.119 e. The average Bonchev–Trinajstić information content (AvgIpc) is 2.94. The molecule has 1 aliphatic rings. The molecular formula is C16H22N2O2. The number of benzene rings is 1. The average molecular weight is 274 g/mol. The van der Waals surface area contributed by atoms with Gasteiger partial charge in [0.25, 0.3) is 0 Å². The van der Waals surface area contributed by atoms with E-state index in [9.17, 15) is 5.11 Å². The second-order valence-electron chi connectivity index (χ2n) is 4.89. The molecule has 1 atom stereocenters.